The van der Waals surface area contributed by atoms with Crippen LogP contribution in [0.5, 0.6) is 0 Å². The Morgan fingerprint density at radius 2 is 1.81 bits per heavy atom. The van der Waals surface area contributed by atoms with Gasteiger partial charge in [0.1, 0.15) is 0 Å². The van der Waals surface area contributed by atoms with E-state index in [9.17, 15) is 4.79 Å². The third-order valence-electron chi connectivity index (χ3n) is 4.16. The predicted octanol–water partition coefficient (Wildman–Crippen LogP) is 4.23. The largest absolute Gasteiger partial charge is 0.272 e. The second-order valence-electron chi connectivity index (χ2n) is 6.32. The van der Waals surface area contributed by atoms with Crippen molar-refractivity contribution in [1.29, 1.82) is 0 Å². The molecule has 0 unspecified atom stereocenters. The van der Waals surface area contributed by atoms with E-state index < -0.39 is 0 Å². The molecule has 2 heterocycles. The molecule has 0 aliphatic rings. The number of para-hydroxylation sites is 1. The molecule has 0 fully saturated rings. The summed E-state index contributed by atoms with van der Waals surface area (Å²) >= 11 is 7.30. The van der Waals surface area contributed by atoms with Crippen LogP contribution in [0.4, 0.5) is 0 Å². The average Bonchev–Trinajstić information content (AvgIpc) is 3.23. The first-order valence-electron chi connectivity index (χ1n) is 9.33. The topological polar surface area (TPSA) is 85.1 Å². The number of aromatic nitrogens is 4. The Hall–Kier alpha value is -3.49. The Bertz CT molecular complexity index is 1180. The minimum absolute atomic E-state index is 0.130. The number of amides is 1. The molecule has 0 aliphatic heterocycles. The molecule has 31 heavy (non-hydrogen) atoms. The van der Waals surface area contributed by atoms with Crippen LogP contribution in [0.1, 0.15) is 5.69 Å². The van der Waals surface area contributed by atoms with Crippen molar-refractivity contribution in [3.05, 3.63) is 89.7 Å². The second kappa shape index (κ2) is 10.0. The van der Waals surface area contributed by atoms with Crippen LogP contribution in [-0.4, -0.2) is 37.6 Å². The van der Waals surface area contributed by atoms with Gasteiger partial charge in [-0.25, -0.2) is 5.43 Å². The summed E-state index contributed by atoms with van der Waals surface area (Å²) in [5, 5.41) is 13.8. The van der Waals surface area contributed by atoms with Crippen molar-refractivity contribution in [1.82, 2.24) is 25.2 Å². The van der Waals surface area contributed by atoms with Gasteiger partial charge in [0.05, 0.1) is 17.7 Å². The maximum absolute atomic E-state index is 12.2. The Kier molecular flexibility index (Phi) is 6.71. The smallest absolute Gasteiger partial charge is 0.250 e. The number of thioether (sulfide) groups is 1. The highest BCUT2D eigenvalue weighted by molar-refractivity contribution is 7.99. The van der Waals surface area contributed by atoms with Crippen LogP contribution < -0.4 is 5.43 Å². The molecule has 0 saturated carbocycles. The summed E-state index contributed by atoms with van der Waals surface area (Å²) in [7, 11) is 0. The first-order valence-corrected chi connectivity index (χ1v) is 10.7. The maximum atomic E-state index is 12.2. The monoisotopic (exact) mass is 448 g/mol. The molecule has 4 aromatic rings. The van der Waals surface area contributed by atoms with Crippen molar-refractivity contribution in [2.24, 2.45) is 5.10 Å². The zero-order valence-corrected chi connectivity index (χ0v) is 17.8. The number of carbonyl (C=O) groups is 1. The summed E-state index contributed by atoms with van der Waals surface area (Å²) in [6.07, 6.45) is 3.15. The van der Waals surface area contributed by atoms with Gasteiger partial charge in [0.2, 0.25) is 0 Å². The Morgan fingerprint density at radius 1 is 1.03 bits per heavy atom. The molecule has 2 aromatic heterocycles. The van der Waals surface area contributed by atoms with Gasteiger partial charge in [0, 0.05) is 22.5 Å². The molecule has 0 saturated heterocycles. The number of carbonyl (C=O) groups excluding carboxylic acids is 1. The third kappa shape index (κ3) is 5.36. The van der Waals surface area contributed by atoms with E-state index in [1.54, 1.807) is 24.4 Å². The van der Waals surface area contributed by atoms with Gasteiger partial charge in [-0.2, -0.15) is 5.10 Å². The number of halogens is 1. The molecular formula is C22H17ClN6OS. The van der Waals surface area contributed by atoms with Crippen LogP contribution in [0.25, 0.3) is 17.1 Å². The molecule has 0 radical (unpaired) electrons. The molecule has 1 amide bonds. The van der Waals surface area contributed by atoms with Crippen molar-refractivity contribution in [2.75, 3.05) is 5.75 Å². The van der Waals surface area contributed by atoms with Crippen molar-refractivity contribution < 1.29 is 4.79 Å². The van der Waals surface area contributed by atoms with Gasteiger partial charge < -0.3 is 0 Å². The SMILES string of the molecule is O=C(CSc1nnc(-c2ccc(Cl)cc2)n1-c1ccccc1)N/N=C\c1ccccn1. The number of nitrogens with zero attached hydrogens (tertiary/aromatic N) is 5. The van der Waals surface area contributed by atoms with E-state index in [-0.39, 0.29) is 11.7 Å². The van der Waals surface area contributed by atoms with Crippen LogP contribution in [0.3, 0.4) is 0 Å². The van der Waals surface area contributed by atoms with Crippen molar-refractivity contribution >= 4 is 35.5 Å². The lowest BCUT2D eigenvalue weighted by Gasteiger charge is -2.10. The van der Waals surface area contributed by atoms with E-state index in [1.165, 1.54) is 18.0 Å². The maximum Gasteiger partial charge on any atom is 0.250 e. The lowest BCUT2D eigenvalue weighted by atomic mass is 10.2. The quantitative estimate of drug-likeness (QED) is 0.260. The lowest BCUT2D eigenvalue weighted by molar-refractivity contribution is -0.118. The van der Waals surface area contributed by atoms with Gasteiger partial charge in [-0.05, 0) is 48.5 Å². The Morgan fingerprint density at radius 3 is 2.55 bits per heavy atom. The zero-order valence-electron chi connectivity index (χ0n) is 16.2. The number of hydrogen-bond acceptors (Lipinski definition) is 6. The summed E-state index contributed by atoms with van der Waals surface area (Å²) in [6.45, 7) is 0. The van der Waals surface area contributed by atoms with Crippen molar-refractivity contribution in [3.8, 4) is 17.1 Å². The van der Waals surface area contributed by atoms with Crippen LogP contribution in [0, 0.1) is 0 Å². The van der Waals surface area contributed by atoms with Crippen LogP contribution in [0.15, 0.2) is 89.3 Å². The van der Waals surface area contributed by atoms with Crippen LogP contribution in [0.2, 0.25) is 5.02 Å². The molecule has 2 aromatic carbocycles. The third-order valence-corrected chi connectivity index (χ3v) is 5.34. The van der Waals surface area contributed by atoms with Gasteiger partial charge in [-0.1, -0.05) is 47.6 Å². The Labute approximate surface area is 188 Å². The van der Waals surface area contributed by atoms with E-state index in [0.717, 1.165) is 11.3 Å². The minimum atomic E-state index is -0.257. The number of nitrogens with one attached hydrogen (secondary N) is 1. The Balaban J connectivity index is 1.51. The van der Waals surface area contributed by atoms with E-state index >= 15 is 0 Å². The van der Waals surface area contributed by atoms with Gasteiger partial charge in [-0.3, -0.25) is 14.3 Å². The van der Waals surface area contributed by atoms with Crippen molar-refractivity contribution in [2.45, 2.75) is 5.16 Å². The molecule has 0 bridgehead atoms. The summed E-state index contributed by atoms with van der Waals surface area (Å²) in [6, 6.07) is 22.6. The van der Waals surface area contributed by atoms with Crippen LogP contribution in [-0.2, 0) is 4.79 Å². The normalized spacial score (nSPS) is 11.0. The number of rotatable bonds is 7. The molecule has 7 nitrogen and oxygen atoms in total. The van der Waals surface area contributed by atoms with Crippen molar-refractivity contribution in [3.63, 3.8) is 0 Å². The van der Waals surface area contributed by atoms with E-state index in [2.05, 4.69) is 25.7 Å². The fourth-order valence-electron chi connectivity index (χ4n) is 2.74. The van der Waals surface area contributed by atoms with Gasteiger partial charge in [0.25, 0.3) is 5.91 Å². The summed E-state index contributed by atoms with van der Waals surface area (Å²) in [4.78, 5) is 16.3. The second-order valence-corrected chi connectivity index (χ2v) is 7.70. The number of hydrogen-bond donors (Lipinski definition) is 1. The summed E-state index contributed by atoms with van der Waals surface area (Å²) in [5.74, 6) is 0.539. The van der Waals surface area contributed by atoms with Gasteiger partial charge in [-0.15, -0.1) is 10.2 Å². The molecule has 9 heteroatoms. The molecule has 154 valence electrons. The molecule has 0 spiro atoms. The van der Waals surface area contributed by atoms with Crippen LogP contribution >= 0.6 is 23.4 Å². The first kappa shape index (κ1) is 20.8. The fraction of sp³-hybridized carbons (Fsp3) is 0.0455. The molecular weight excluding hydrogens is 432 g/mol. The number of benzene rings is 2. The fourth-order valence-corrected chi connectivity index (χ4v) is 3.61. The highest BCUT2D eigenvalue weighted by atomic mass is 35.5. The molecule has 0 aliphatic carbocycles. The zero-order chi connectivity index (χ0) is 21.5. The van der Waals surface area contributed by atoms with Gasteiger partial charge in [0.15, 0.2) is 11.0 Å². The number of pyridine rings is 1. The predicted molar refractivity (Wildman–Crippen MR) is 123 cm³/mol. The average molecular weight is 449 g/mol. The molecule has 1 N–H and O–H groups in total. The lowest BCUT2D eigenvalue weighted by Crippen LogP contribution is -2.20. The summed E-state index contributed by atoms with van der Waals surface area (Å²) < 4.78 is 1.92. The van der Waals surface area contributed by atoms with Gasteiger partial charge >= 0.3 is 0 Å². The van der Waals surface area contributed by atoms with E-state index in [1.807, 2.05) is 59.2 Å². The van der Waals surface area contributed by atoms with E-state index in [4.69, 9.17) is 11.6 Å². The standard InChI is InChI=1S/C22H17ClN6OS/c23-17-11-9-16(10-12-17)21-27-28-22(29(21)19-7-2-1-3-8-19)31-15-20(30)26-25-14-18-6-4-5-13-24-18/h1-14H,15H2,(H,26,30)/b25-14-. The minimum Gasteiger partial charge on any atom is -0.272 e. The molecule has 0 atom stereocenters. The summed E-state index contributed by atoms with van der Waals surface area (Å²) in [5.41, 5.74) is 4.93. The molecule has 4 rings (SSSR count). The highest BCUT2D eigenvalue weighted by Crippen LogP contribution is 2.28. The number of hydrazone groups is 1. The first-order chi connectivity index (χ1) is 15.2. The highest BCUT2D eigenvalue weighted by Gasteiger charge is 2.17. The van der Waals surface area contributed by atoms with E-state index in [0.29, 0.717) is 21.7 Å².